The zero-order chi connectivity index (χ0) is 15.2. The Bertz CT molecular complexity index is 314. The van der Waals surface area contributed by atoms with Crippen molar-refractivity contribution in [1.82, 2.24) is 10.6 Å². The van der Waals surface area contributed by atoms with E-state index in [1.54, 1.807) is 6.92 Å². The van der Waals surface area contributed by atoms with Gasteiger partial charge in [0.1, 0.15) is 6.04 Å². The number of carbonyl (C=O) groups excluding carboxylic acids is 1. The second-order valence-corrected chi connectivity index (χ2v) is 6.14. The molecule has 0 rings (SSSR count). The second kappa shape index (κ2) is 7.48. The lowest BCUT2D eigenvalue weighted by atomic mass is 10.0. The number of carboxylic acids is 1. The van der Waals surface area contributed by atoms with Crippen molar-refractivity contribution in [3.63, 3.8) is 0 Å². The van der Waals surface area contributed by atoms with Crippen LogP contribution in [0.3, 0.4) is 0 Å². The molecule has 0 heterocycles. The molecular weight excluding hydrogens is 244 g/mol. The molecule has 0 aliphatic rings. The first-order chi connectivity index (χ1) is 8.59. The van der Waals surface area contributed by atoms with Crippen LogP contribution in [0.5, 0.6) is 0 Å². The van der Waals surface area contributed by atoms with E-state index in [-0.39, 0.29) is 17.4 Å². The molecule has 0 spiro atoms. The Morgan fingerprint density at radius 1 is 1.21 bits per heavy atom. The van der Waals surface area contributed by atoms with Gasteiger partial charge in [0.05, 0.1) is 6.04 Å². The van der Waals surface area contributed by atoms with Crippen LogP contribution in [0.15, 0.2) is 0 Å². The summed E-state index contributed by atoms with van der Waals surface area (Å²) >= 11 is 0. The Morgan fingerprint density at radius 3 is 2.11 bits per heavy atom. The van der Waals surface area contributed by atoms with E-state index in [0.717, 1.165) is 6.42 Å². The molecule has 0 saturated carbocycles. The van der Waals surface area contributed by atoms with Gasteiger partial charge >= 0.3 is 5.97 Å². The van der Waals surface area contributed by atoms with Crippen molar-refractivity contribution < 1.29 is 14.7 Å². The van der Waals surface area contributed by atoms with Crippen LogP contribution >= 0.6 is 0 Å². The van der Waals surface area contributed by atoms with E-state index in [4.69, 9.17) is 5.11 Å². The molecule has 0 aliphatic heterocycles. The summed E-state index contributed by atoms with van der Waals surface area (Å²) in [6.45, 7) is 11.5. The standard InChI is InChI=1S/C14H28N2O3/c1-7-14(5,6)16-12(17)10(4)15-11(13(18)19)8-9(2)3/h9-11,15H,7-8H2,1-6H3,(H,16,17)(H,18,19). The molecule has 19 heavy (non-hydrogen) atoms. The summed E-state index contributed by atoms with van der Waals surface area (Å²) in [5, 5.41) is 14.9. The maximum Gasteiger partial charge on any atom is 0.320 e. The predicted molar refractivity (Wildman–Crippen MR) is 76.0 cm³/mol. The summed E-state index contributed by atoms with van der Waals surface area (Å²) in [7, 11) is 0. The highest BCUT2D eigenvalue weighted by Crippen LogP contribution is 2.09. The van der Waals surface area contributed by atoms with E-state index >= 15 is 0 Å². The van der Waals surface area contributed by atoms with Crippen molar-refractivity contribution in [2.45, 2.75) is 72.0 Å². The molecule has 0 aromatic heterocycles. The van der Waals surface area contributed by atoms with E-state index in [2.05, 4.69) is 10.6 Å². The lowest BCUT2D eigenvalue weighted by Crippen LogP contribution is -2.54. The maximum atomic E-state index is 12.0. The quantitative estimate of drug-likeness (QED) is 0.629. The number of amides is 1. The van der Waals surface area contributed by atoms with Gasteiger partial charge in [-0.1, -0.05) is 20.8 Å². The normalized spacial score (nSPS) is 15.1. The smallest absolute Gasteiger partial charge is 0.320 e. The predicted octanol–water partition coefficient (Wildman–Crippen LogP) is 1.77. The van der Waals surface area contributed by atoms with Crippen LogP contribution in [-0.2, 0) is 9.59 Å². The zero-order valence-electron chi connectivity index (χ0n) is 12.9. The number of rotatable bonds is 8. The molecule has 0 saturated heterocycles. The monoisotopic (exact) mass is 272 g/mol. The first-order valence-electron chi connectivity index (χ1n) is 6.90. The van der Waals surface area contributed by atoms with Gasteiger partial charge in [0.25, 0.3) is 0 Å². The van der Waals surface area contributed by atoms with E-state index in [0.29, 0.717) is 6.42 Å². The third-order valence-corrected chi connectivity index (χ3v) is 3.20. The molecule has 2 unspecified atom stereocenters. The van der Waals surface area contributed by atoms with Crippen molar-refractivity contribution in [3.05, 3.63) is 0 Å². The van der Waals surface area contributed by atoms with Crippen LogP contribution < -0.4 is 10.6 Å². The Morgan fingerprint density at radius 2 is 1.74 bits per heavy atom. The van der Waals surface area contributed by atoms with Gasteiger partial charge in [0.15, 0.2) is 0 Å². The Labute approximate surface area is 116 Å². The molecule has 0 aromatic carbocycles. The van der Waals surface area contributed by atoms with Crippen molar-refractivity contribution in [1.29, 1.82) is 0 Å². The third-order valence-electron chi connectivity index (χ3n) is 3.20. The van der Waals surface area contributed by atoms with Gasteiger partial charge in [0.2, 0.25) is 5.91 Å². The summed E-state index contributed by atoms with van der Waals surface area (Å²) < 4.78 is 0. The first-order valence-corrected chi connectivity index (χ1v) is 6.90. The van der Waals surface area contributed by atoms with Crippen molar-refractivity contribution in [2.75, 3.05) is 0 Å². The highest BCUT2D eigenvalue weighted by atomic mass is 16.4. The van der Waals surface area contributed by atoms with Crippen molar-refractivity contribution >= 4 is 11.9 Å². The number of carbonyl (C=O) groups is 2. The third kappa shape index (κ3) is 7.15. The van der Waals surface area contributed by atoms with Gasteiger partial charge in [-0.25, -0.2) is 0 Å². The highest BCUT2D eigenvalue weighted by molar-refractivity contribution is 5.83. The summed E-state index contributed by atoms with van der Waals surface area (Å²) in [5.74, 6) is -0.819. The number of carboxylic acid groups (broad SMARTS) is 1. The SMILES string of the molecule is CCC(C)(C)NC(=O)C(C)NC(CC(C)C)C(=O)O. The average molecular weight is 272 g/mol. The number of hydrogen-bond acceptors (Lipinski definition) is 3. The maximum absolute atomic E-state index is 12.0. The fourth-order valence-corrected chi connectivity index (χ4v) is 1.62. The molecule has 0 bridgehead atoms. The van der Waals surface area contributed by atoms with Gasteiger partial charge in [-0.05, 0) is 39.5 Å². The van der Waals surface area contributed by atoms with E-state index in [9.17, 15) is 9.59 Å². The summed E-state index contributed by atoms with van der Waals surface area (Å²) in [5.41, 5.74) is -0.274. The number of hydrogen-bond donors (Lipinski definition) is 3. The minimum Gasteiger partial charge on any atom is -0.480 e. The molecule has 0 aliphatic carbocycles. The Balaban J connectivity index is 4.51. The van der Waals surface area contributed by atoms with E-state index in [1.165, 1.54) is 0 Å². The summed E-state index contributed by atoms with van der Waals surface area (Å²) in [6, 6.07) is -1.21. The fourth-order valence-electron chi connectivity index (χ4n) is 1.62. The highest BCUT2D eigenvalue weighted by Gasteiger charge is 2.26. The lowest BCUT2D eigenvalue weighted by Gasteiger charge is -2.28. The second-order valence-electron chi connectivity index (χ2n) is 6.14. The first kappa shape index (κ1) is 17.9. The van der Waals surface area contributed by atoms with Crippen LogP contribution in [0.2, 0.25) is 0 Å². The van der Waals surface area contributed by atoms with Crippen LogP contribution in [-0.4, -0.2) is 34.6 Å². The van der Waals surface area contributed by atoms with Crippen molar-refractivity contribution in [3.8, 4) is 0 Å². The average Bonchev–Trinajstić information content (AvgIpc) is 2.26. The van der Waals surface area contributed by atoms with E-state index < -0.39 is 18.1 Å². The molecule has 0 aromatic rings. The van der Waals surface area contributed by atoms with Crippen molar-refractivity contribution in [2.24, 2.45) is 5.92 Å². The molecule has 0 fully saturated rings. The molecule has 5 heteroatoms. The molecule has 1 amide bonds. The molecular formula is C14H28N2O3. The zero-order valence-corrected chi connectivity index (χ0v) is 12.9. The van der Waals surface area contributed by atoms with Gasteiger partial charge < -0.3 is 10.4 Å². The molecule has 112 valence electrons. The van der Waals surface area contributed by atoms with Crippen LogP contribution in [0.1, 0.15) is 54.4 Å². The van der Waals surface area contributed by atoms with Gasteiger partial charge in [0, 0.05) is 5.54 Å². The molecule has 2 atom stereocenters. The minimum atomic E-state index is -0.914. The van der Waals surface area contributed by atoms with Crippen LogP contribution in [0.4, 0.5) is 0 Å². The Kier molecular flexibility index (Phi) is 7.05. The van der Waals surface area contributed by atoms with Crippen LogP contribution in [0, 0.1) is 5.92 Å². The lowest BCUT2D eigenvalue weighted by molar-refractivity contribution is -0.140. The minimum absolute atomic E-state index is 0.165. The number of nitrogens with one attached hydrogen (secondary N) is 2. The van der Waals surface area contributed by atoms with Gasteiger partial charge in [-0.15, -0.1) is 0 Å². The molecule has 0 radical (unpaired) electrons. The topological polar surface area (TPSA) is 78.4 Å². The molecule has 3 N–H and O–H groups in total. The van der Waals surface area contributed by atoms with Gasteiger partial charge in [-0.2, -0.15) is 0 Å². The number of aliphatic carboxylic acids is 1. The molecule has 5 nitrogen and oxygen atoms in total. The van der Waals surface area contributed by atoms with E-state index in [1.807, 2.05) is 34.6 Å². The summed E-state index contributed by atoms with van der Waals surface area (Å²) in [4.78, 5) is 23.1. The summed E-state index contributed by atoms with van der Waals surface area (Å²) in [6.07, 6.45) is 1.32. The van der Waals surface area contributed by atoms with Gasteiger partial charge in [-0.3, -0.25) is 14.9 Å². The van der Waals surface area contributed by atoms with Crippen LogP contribution in [0.25, 0.3) is 0 Å². The largest absolute Gasteiger partial charge is 0.480 e. The fraction of sp³-hybridized carbons (Fsp3) is 0.857. The Hall–Kier alpha value is -1.10.